The zero-order chi connectivity index (χ0) is 21.4. The molecule has 2 heterocycles. The summed E-state index contributed by atoms with van der Waals surface area (Å²) in [6.07, 6.45) is -2.77. The quantitative estimate of drug-likeness (QED) is 0.723. The number of halogens is 4. The Hall–Kier alpha value is -2.33. The summed E-state index contributed by atoms with van der Waals surface area (Å²) in [4.78, 5) is 19.8. The highest BCUT2D eigenvalue weighted by atomic mass is 35.5. The minimum atomic E-state index is -4.53. The van der Waals surface area contributed by atoms with Crippen molar-refractivity contribution >= 4 is 33.2 Å². The van der Waals surface area contributed by atoms with Gasteiger partial charge >= 0.3 is 6.18 Å². The maximum absolute atomic E-state index is 12.8. The SMILES string of the molecule is CS(=O)(=O)c1ccccc1C(=O)N1CCN(c2ncc(C(F)(F)F)cc2Cl)CC1. The number of alkyl halides is 3. The van der Waals surface area contributed by atoms with Crippen molar-refractivity contribution in [2.24, 2.45) is 0 Å². The molecule has 1 fully saturated rings. The molecule has 6 nitrogen and oxygen atoms in total. The van der Waals surface area contributed by atoms with Gasteiger partial charge in [-0.15, -0.1) is 0 Å². The van der Waals surface area contributed by atoms with Crippen LogP contribution in [0.1, 0.15) is 15.9 Å². The van der Waals surface area contributed by atoms with E-state index in [1.165, 1.54) is 17.0 Å². The normalized spacial score (nSPS) is 15.5. The van der Waals surface area contributed by atoms with Gasteiger partial charge in [0.15, 0.2) is 9.84 Å². The van der Waals surface area contributed by atoms with Gasteiger partial charge < -0.3 is 9.80 Å². The lowest BCUT2D eigenvalue weighted by molar-refractivity contribution is -0.137. The van der Waals surface area contributed by atoms with Gasteiger partial charge in [-0.3, -0.25) is 4.79 Å². The average molecular weight is 448 g/mol. The first-order valence-electron chi connectivity index (χ1n) is 8.54. The lowest BCUT2D eigenvalue weighted by Gasteiger charge is -2.36. The van der Waals surface area contributed by atoms with Crippen LogP contribution in [0, 0.1) is 0 Å². The standard InChI is InChI=1S/C18H17ClF3N3O3S/c1-29(27,28)15-5-3-2-4-13(15)17(26)25-8-6-24(7-9-25)16-14(19)10-12(11-23-16)18(20,21)22/h2-5,10-11H,6-9H2,1H3. The summed E-state index contributed by atoms with van der Waals surface area (Å²) in [5, 5.41) is -0.123. The van der Waals surface area contributed by atoms with Crippen LogP contribution in [0.2, 0.25) is 5.02 Å². The summed E-state index contributed by atoms with van der Waals surface area (Å²) in [6, 6.07) is 6.79. The number of amides is 1. The van der Waals surface area contributed by atoms with Crippen LogP contribution >= 0.6 is 11.6 Å². The molecule has 1 aromatic heterocycles. The summed E-state index contributed by atoms with van der Waals surface area (Å²) >= 11 is 5.98. The molecule has 1 saturated heterocycles. The highest BCUT2D eigenvalue weighted by Gasteiger charge is 2.33. The molecule has 1 aromatic carbocycles. The van der Waals surface area contributed by atoms with Crippen molar-refractivity contribution in [3.05, 3.63) is 52.7 Å². The van der Waals surface area contributed by atoms with Gasteiger partial charge in [0, 0.05) is 38.6 Å². The molecule has 1 aliphatic heterocycles. The topological polar surface area (TPSA) is 70.6 Å². The molecule has 3 rings (SSSR count). The van der Waals surface area contributed by atoms with Crippen LogP contribution in [-0.4, -0.2) is 56.6 Å². The van der Waals surface area contributed by atoms with E-state index in [-0.39, 0.29) is 34.4 Å². The number of nitrogens with zero attached hydrogens (tertiary/aromatic N) is 3. The summed E-state index contributed by atoms with van der Waals surface area (Å²) < 4.78 is 62.1. The Morgan fingerprint density at radius 3 is 2.31 bits per heavy atom. The Morgan fingerprint density at radius 2 is 1.76 bits per heavy atom. The van der Waals surface area contributed by atoms with Crippen molar-refractivity contribution in [1.29, 1.82) is 0 Å². The molecule has 0 spiro atoms. The third-order valence-electron chi connectivity index (χ3n) is 4.53. The summed E-state index contributed by atoms with van der Waals surface area (Å²) in [6.45, 7) is 1.08. The van der Waals surface area contributed by atoms with Gasteiger partial charge in [-0.25, -0.2) is 13.4 Å². The van der Waals surface area contributed by atoms with Crippen molar-refractivity contribution in [2.45, 2.75) is 11.1 Å². The third-order valence-corrected chi connectivity index (χ3v) is 5.97. The van der Waals surface area contributed by atoms with Crippen LogP contribution in [0.15, 0.2) is 41.4 Å². The first-order valence-corrected chi connectivity index (χ1v) is 10.8. The largest absolute Gasteiger partial charge is 0.417 e. The van der Waals surface area contributed by atoms with E-state index >= 15 is 0 Å². The van der Waals surface area contributed by atoms with E-state index in [1.54, 1.807) is 17.0 Å². The number of aromatic nitrogens is 1. The second kappa shape index (κ2) is 7.83. The predicted octanol–water partition coefficient (Wildman–Crippen LogP) is 3.12. The smallest absolute Gasteiger partial charge is 0.352 e. The molecule has 156 valence electrons. The molecule has 0 radical (unpaired) electrons. The highest BCUT2D eigenvalue weighted by molar-refractivity contribution is 7.90. The molecule has 0 aliphatic carbocycles. The van der Waals surface area contributed by atoms with Crippen molar-refractivity contribution < 1.29 is 26.4 Å². The van der Waals surface area contributed by atoms with Crippen molar-refractivity contribution in [1.82, 2.24) is 9.88 Å². The van der Waals surface area contributed by atoms with Gasteiger partial charge in [0.2, 0.25) is 0 Å². The number of hydrogen-bond acceptors (Lipinski definition) is 5. The number of pyridine rings is 1. The first kappa shape index (κ1) is 21.4. The molecule has 2 aromatic rings. The van der Waals surface area contributed by atoms with Crippen LogP contribution in [0.3, 0.4) is 0 Å². The molecule has 1 aliphatic rings. The lowest BCUT2D eigenvalue weighted by atomic mass is 10.1. The Bertz CT molecular complexity index is 1040. The van der Waals surface area contributed by atoms with Crippen molar-refractivity contribution in [3.63, 3.8) is 0 Å². The predicted molar refractivity (Wildman–Crippen MR) is 102 cm³/mol. The number of carbonyl (C=O) groups is 1. The Balaban J connectivity index is 1.74. The third kappa shape index (κ3) is 4.64. The Labute approximate surface area is 170 Å². The second-order valence-electron chi connectivity index (χ2n) is 6.57. The number of piperazine rings is 1. The molecule has 0 saturated carbocycles. The van der Waals surface area contributed by atoms with Gasteiger partial charge in [0.1, 0.15) is 5.82 Å². The van der Waals surface area contributed by atoms with Crippen LogP contribution < -0.4 is 4.90 Å². The summed E-state index contributed by atoms with van der Waals surface area (Å²) in [5.41, 5.74) is -0.841. The minimum absolute atomic E-state index is 0.0418. The van der Waals surface area contributed by atoms with Gasteiger partial charge in [0.05, 0.1) is 21.0 Å². The summed E-state index contributed by atoms with van der Waals surface area (Å²) in [7, 11) is -3.57. The maximum atomic E-state index is 12.8. The second-order valence-corrected chi connectivity index (χ2v) is 8.97. The van der Waals surface area contributed by atoms with Crippen LogP contribution in [0.4, 0.5) is 19.0 Å². The zero-order valence-electron chi connectivity index (χ0n) is 15.3. The average Bonchev–Trinajstić information content (AvgIpc) is 2.66. The molecule has 0 N–H and O–H groups in total. The number of benzene rings is 1. The van der Waals surface area contributed by atoms with E-state index in [2.05, 4.69) is 4.98 Å². The molecule has 29 heavy (non-hydrogen) atoms. The summed E-state index contributed by atoms with van der Waals surface area (Å²) in [5.74, 6) is -0.208. The van der Waals surface area contributed by atoms with Crippen molar-refractivity contribution in [3.8, 4) is 0 Å². The molecule has 11 heteroatoms. The Kier molecular flexibility index (Phi) is 5.77. The maximum Gasteiger partial charge on any atom is 0.417 e. The van der Waals surface area contributed by atoms with Gasteiger partial charge in [-0.2, -0.15) is 13.2 Å². The zero-order valence-corrected chi connectivity index (χ0v) is 16.9. The number of anilines is 1. The monoisotopic (exact) mass is 447 g/mol. The number of hydrogen-bond donors (Lipinski definition) is 0. The fourth-order valence-corrected chi connectivity index (χ4v) is 4.24. The van der Waals surface area contributed by atoms with Crippen LogP contribution in [0.25, 0.3) is 0 Å². The number of rotatable bonds is 3. The van der Waals surface area contributed by atoms with E-state index in [1.807, 2.05) is 0 Å². The lowest BCUT2D eigenvalue weighted by Crippen LogP contribution is -2.49. The van der Waals surface area contributed by atoms with E-state index < -0.39 is 27.5 Å². The molecule has 0 bridgehead atoms. The van der Waals surface area contributed by atoms with Gasteiger partial charge in [-0.05, 0) is 18.2 Å². The number of carbonyl (C=O) groups excluding carboxylic acids is 1. The minimum Gasteiger partial charge on any atom is -0.352 e. The van der Waals surface area contributed by atoms with Crippen LogP contribution in [0.5, 0.6) is 0 Å². The van der Waals surface area contributed by atoms with Crippen molar-refractivity contribution in [2.75, 3.05) is 37.3 Å². The molecule has 0 atom stereocenters. The van der Waals surface area contributed by atoms with Gasteiger partial charge in [-0.1, -0.05) is 23.7 Å². The van der Waals surface area contributed by atoms with Crippen LogP contribution in [-0.2, 0) is 16.0 Å². The fourth-order valence-electron chi connectivity index (χ4n) is 3.08. The fraction of sp³-hybridized carbons (Fsp3) is 0.333. The molecule has 0 unspecified atom stereocenters. The highest BCUT2D eigenvalue weighted by Crippen LogP contribution is 2.33. The van der Waals surface area contributed by atoms with E-state index in [4.69, 9.17) is 11.6 Å². The molecular formula is C18H17ClF3N3O3S. The number of sulfone groups is 1. The first-order chi connectivity index (χ1) is 13.5. The molecule has 1 amide bonds. The van der Waals surface area contributed by atoms with E-state index in [0.29, 0.717) is 13.1 Å². The van der Waals surface area contributed by atoms with Gasteiger partial charge in [0.25, 0.3) is 5.91 Å². The molecular weight excluding hydrogens is 431 g/mol. The Morgan fingerprint density at radius 1 is 1.14 bits per heavy atom. The van der Waals surface area contributed by atoms with E-state index in [9.17, 15) is 26.4 Å². The van der Waals surface area contributed by atoms with E-state index in [0.717, 1.165) is 18.5 Å².